The standard InChI is InChI=1S/C13H13N5O3/c1-8-10(3-2-4-12(8)18(20)21)16-13(19)9-5-6-15-7-11(9)17-14/h2-7,17H,14H2,1H3,(H,16,19). The van der Waals surface area contributed by atoms with Gasteiger partial charge in [0.05, 0.1) is 33.6 Å². The van der Waals surface area contributed by atoms with Crippen molar-refractivity contribution < 1.29 is 9.72 Å². The van der Waals surface area contributed by atoms with Crippen molar-refractivity contribution in [3.8, 4) is 0 Å². The van der Waals surface area contributed by atoms with Crippen molar-refractivity contribution in [2.75, 3.05) is 10.7 Å². The maximum atomic E-state index is 12.2. The first-order valence-electron chi connectivity index (χ1n) is 6.00. The SMILES string of the molecule is Cc1c(NC(=O)c2ccncc2NN)cccc1[N+](=O)[O-]. The van der Waals surface area contributed by atoms with E-state index in [9.17, 15) is 14.9 Å². The topological polar surface area (TPSA) is 123 Å². The van der Waals surface area contributed by atoms with Gasteiger partial charge in [-0.25, -0.2) is 0 Å². The Hall–Kier alpha value is -3.00. The number of hydrogen-bond donors (Lipinski definition) is 3. The molecular weight excluding hydrogens is 274 g/mol. The smallest absolute Gasteiger partial charge is 0.274 e. The van der Waals surface area contributed by atoms with Crippen LogP contribution in [0.25, 0.3) is 0 Å². The molecule has 0 radical (unpaired) electrons. The van der Waals surface area contributed by atoms with Gasteiger partial charge < -0.3 is 10.7 Å². The van der Waals surface area contributed by atoms with Crippen LogP contribution in [0.4, 0.5) is 17.1 Å². The second-order valence-corrected chi connectivity index (χ2v) is 4.23. The second kappa shape index (κ2) is 5.97. The van der Waals surface area contributed by atoms with Crippen LogP contribution in [0.15, 0.2) is 36.7 Å². The molecule has 8 nitrogen and oxygen atoms in total. The molecule has 0 aliphatic carbocycles. The molecule has 0 saturated heterocycles. The maximum absolute atomic E-state index is 12.2. The summed E-state index contributed by atoms with van der Waals surface area (Å²) in [4.78, 5) is 26.5. The number of anilines is 2. The molecule has 0 atom stereocenters. The Kier molecular flexibility index (Phi) is 4.10. The summed E-state index contributed by atoms with van der Waals surface area (Å²) in [6.45, 7) is 1.57. The van der Waals surface area contributed by atoms with Gasteiger partial charge in [-0.2, -0.15) is 0 Å². The first-order chi connectivity index (χ1) is 10.0. The predicted molar refractivity (Wildman–Crippen MR) is 77.8 cm³/mol. The van der Waals surface area contributed by atoms with Crippen LogP contribution >= 0.6 is 0 Å². The molecule has 1 amide bonds. The fourth-order valence-electron chi connectivity index (χ4n) is 1.85. The van der Waals surface area contributed by atoms with E-state index in [1.165, 1.54) is 30.6 Å². The first kappa shape index (κ1) is 14.4. The molecule has 1 aromatic carbocycles. The Morgan fingerprint density at radius 1 is 1.33 bits per heavy atom. The van der Waals surface area contributed by atoms with E-state index in [-0.39, 0.29) is 5.69 Å². The molecule has 1 heterocycles. The number of nitrogens with two attached hydrogens (primary N) is 1. The van der Waals surface area contributed by atoms with Crippen LogP contribution in [-0.2, 0) is 0 Å². The largest absolute Gasteiger partial charge is 0.322 e. The number of nitrogens with zero attached hydrogens (tertiary/aromatic N) is 2. The van der Waals surface area contributed by atoms with E-state index in [1.807, 2.05) is 0 Å². The third-order valence-electron chi connectivity index (χ3n) is 2.97. The van der Waals surface area contributed by atoms with Crippen molar-refractivity contribution in [2.45, 2.75) is 6.92 Å². The number of hydrogen-bond acceptors (Lipinski definition) is 6. The Balaban J connectivity index is 2.32. The highest BCUT2D eigenvalue weighted by Gasteiger charge is 2.16. The molecular formula is C13H13N5O3. The molecule has 0 spiro atoms. The molecule has 0 fully saturated rings. The number of nitro benzene ring substituents is 1. The highest BCUT2D eigenvalue weighted by Crippen LogP contribution is 2.26. The number of pyridine rings is 1. The van der Waals surface area contributed by atoms with Crippen molar-refractivity contribution in [1.29, 1.82) is 0 Å². The van der Waals surface area contributed by atoms with E-state index >= 15 is 0 Å². The maximum Gasteiger partial charge on any atom is 0.274 e. The van der Waals surface area contributed by atoms with E-state index in [4.69, 9.17) is 5.84 Å². The number of benzene rings is 1. The molecule has 8 heteroatoms. The Morgan fingerprint density at radius 3 is 2.76 bits per heavy atom. The summed E-state index contributed by atoms with van der Waals surface area (Å²) in [6.07, 6.45) is 2.87. The van der Waals surface area contributed by atoms with Crippen LogP contribution in [-0.4, -0.2) is 15.8 Å². The fourth-order valence-corrected chi connectivity index (χ4v) is 1.85. The van der Waals surface area contributed by atoms with E-state index in [0.717, 1.165) is 0 Å². The van der Waals surface area contributed by atoms with Gasteiger partial charge in [-0.3, -0.25) is 25.7 Å². The third kappa shape index (κ3) is 2.95. The van der Waals surface area contributed by atoms with Crippen LogP contribution in [0.1, 0.15) is 15.9 Å². The number of nitrogens with one attached hydrogen (secondary N) is 2. The van der Waals surface area contributed by atoms with Crippen molar-refractivity contribution >= 4 is 23.0 Å². The normalized spacial score (nSPS) is 10.0. The number of aromatic nitrogens is 1. The Labute approximate surface area is 120 Å². The van der Waals surface area contributed by atoms with Gasteiger partial charge in [0, 0.05) is 12.3 Å². The minimum atomic E-state index is -0.496. The van der Waals surface area contributed by atoms with Gasteiger partial charge in [0.15, 0.2) is 0 Å². The summed E-state index contributed by atoms with van der Waals surface area (Å²) in [5.41, 5.74) is 3.72. The minimum Gasteiger partial charge on any atom is -0.322 e. The van der Waals surface area contributed by atoms with Gasteiger partial charge in [0.1, 0.15) is 0 Å². The molecule has 0 unspecified atom stereocenters. The van der Waals surface area contributed by atoms with Crippen LogP contribution in [0.3, 0.4) is 0 Å². The van der Waals surface area contributed by atoms with Crippen LogP contribution in [0.5, 0.6) is 0 Å². The molecule has 0 aliphatic rings. The first-order valence-corrected chi connectivity index (χ1v) is 6.00. The van der Waals surface area contributed by atoms with Crippen molar-refractivity contribution in [3.63, 3.8) is 0 Å². The molecule has 1 aromatic heterocycles. The van der Waals surface area contributed by atoms with Gasteiger partial charge >= 0.3 is 0 Å². The number of hydrazine groups is 1. The van der Waals surface area contributed by atoms with Crippen LogP contribution < -0.4 is 16.6 Å². The zero-order chi connectivity index (χ0) is 15.4. The predicted octanol–water partition coefficient (Wildman–Crippen LogP) is 1.84. The zero-order valence-electron chi connectivity index (χ0n) is 11.2. The number of carbonyl (C=O) groups is 1. The quantitative estimate of drug-likeness (QED) is 0.448. The van der Waals surface area contributed by atoms with Gasteiger partial charge in [-0.1, -0.05) is 6.07 Å². The average Bonchev–Trinajstić information content (AvgIpc) is 2.48. The van der Waals surface area contributed by atoms with Crippen LogP contribution in [0, 0.1) is 17.0 Å². The molecule has 0 saturated carbocycles. The lowest BCUT2D eigenvalue weighted by Crippen LogP contribution is -2.18. The number of amides is 1. The number of carbonyl (C=O) groups excluding carboxylic acids is 1. The highest BCUT2D eigenvalue weighted by molar-refractivity contribution is 6.08. The molecule has 0 bridgehead atoms. The Morgan fingerprint density at radius 2 is 2.10 bits per heavy atom. The highest BCUT2D eigenvalue weighted by atomic mass is 16.6. The fraction of sp³-hybridized carbons (Fsp3) is 0.0769. The zero-order valence-corrected chi connectivity index (χ0v) is 11.2. The summed E-state index contributed by atoms with van der Waals surface area (Å²) in [6, 6.07) is 5.98. The van der Waals surface area contributed by atoms with Crippen molar-refractivity contribution in [2.24, 2.45) is 5.84 Å². The second-order valence-electron chi connectivity index (χ2n) is 4.23. The summed E-state index contributed by atoms with van der Waals surface area (Å²) in [5, 5.41) is 13.5. The molecule has 21 heavy (non-hydrogen) atoms. The van der Waals surface area contributed by atoms with Crippen molar-refractivity contribution in [1.82, 2.24) is 4.98 Å². The van der Waals surface area contributed by atoms with Crippen LogP contribution in [0.2, 0.25) is 0 Å². The Bertz CT molecular complexity index is 702. The van der Waals surface area contributed by atoms with E-state index in [1.54, 1.807) is 13.0 Å². The van der Waals surface area contributed by atoms with E-state index < -0.39 is 10.8 Å². The van der Waals surface area contributed by atoms with Gasteiger partial charge in [-0.15, -0.1) is 0 Å². The van der Waals surface area contributed by atoms with E-state index in [2.05, 4.69) is 15.7 Å². The van der Waals surface area contributed by atoms with Gasteiger partial charge in [0.2, 0.25) is 0 Å². The monoisotopic (exact) mass is 287 g/mol. The van der Waals surface area contributed by atoms with Crippen molar-refractivity contribution in [3.05, 3.63) is 57.9 Å². The number of rotatable bonds is 4. The summed E-state index contributed by atoms with van der Waals surface area (Å²) in [7, 11) is 0. The summed E-state index contributed by atoms with van der Waals surface area (Å²) < 4.78 is 0. The lowest BCUT2D eigenvalue weighted by molar-refractivity contribution is -0.385. The average molecular weight is 287 g/mol. The summed E-state index contributed by atoms with van der Waals surface area (Å²) >= 11 is 0. The van der Waals surface area contributed by atoms with Gasteiger partial charge in [0.25, 0.3) is 11.6 Å². The molecule has 0 aliphatic heterocycles. The molecule has 2 rings (SSSR count). The molecule has 4 N–H and O–H groups in total. The molecule has 2 aromatic rings. The number of nitrogen functional groups attached to an aromatic ring is 1. The van der Waals surface area contributed by atoms with E-state index in [0.29, 0.717) is 22.5 Å². The van der Waals surface area contributed by atoms with Gasteiger partial charge in [-0.05, 0) is 19.1 Å². The number of nitro groups is 1. The molecule has 108 valence electrons. The minimum absolute atomic E-state index is 0.0558. The third-order valence-corrected chi connectivity index (χ3v) is 2.97. The summed E-state index contributed by atoms with van der Waals surface area (Å²) in [5.74, 6) is 4.88. The lowest BCUT2D eigenvalue weighted by Gasteiger charge is -2.11. The lowest BCUT2D eigenvalue weighted by atomic mass is 10.1.